The van der Waals surface area contributed by atoms with Gasteiger partial charge < -0.3 is 10.1 Å². The lowest BCUT2D eigenvalue weighted by atomic mass is 10.1. The van der Waals surface area contributed by atoms with Crippen LogP contribution in [0.3, 0.4) is 0 Å². The molecule has 0 radical (unpaired) electrons. The molecule has 1 N–H and O–H groups in total. The Bertz CT molecular complexity index is 473. The van der Waals surface area contributed by atoms with Crippen LogP contribution in [0.4, 0.5) is 4.39 Å². The van der Waals surface area contributed by atoms with Crippen molar-refractivity contribution in [2.24, 2.45) is 11.8 Å². The van der Waals surface area contributed by atoms with Crippen molar-refractivity contribution >= 4 is 5.91 Å². The number of nitrogens with one attached hydrogen (secondary N) is 1. The predicted molar refractivity (Wildman–Crippen MR) is 71.6 cm³/mol. The van der Waals surface area contributed by atoms with Crippen molar-refractivity contribution in [3.05, 3.63) is 29.6 Å². The van der Waals surface area contributed by atoms with Crippen LogP contribution < -0.4 is 10.1 Å². The fourth-order valence-corrected chi connectivity index (χ4v) is 2.22. The second kappa shape index (κ2) is 5.59. The van der Waals surface area contributed by atoms with E-state index in [2.05, 4.69) is 5.32 Å². The van der Waals surface area contributed by atoms with Gasteiger partial charge in [-0.15, -0.1) is 0 Å². The van der Waals surface area contributed by atoms with Crippen molar-refractivity contribution in [1.29, 1.82) is 0 Å². The zero-order chi connectivity index (χ0) is 14.0. The molecule has 1 aromatic rings. The molecule has 2 atom stereocenters. The molecule has 0 aliphatic heterocycles. The molecular formula is C15H20FNO2. The fourth-order valence-electron chi connectivity index (χ4n) is 2.22. The van der Waals surface area contributed by atoms with Gasteiger partial charge in [0.1, 0.15) is 11.6 Å². The third-order valence-electron chi connectivity index (χ3n) is 3.59. The van der Waals surface area contributed by atoms with Crippen molar-refractivity contribution in [2.75, 3.05) is 13.7 Å². The molecule has 3 nitrogen and oxygen atoms in total. The number of hydrogen-bond acceptors (Lipinski definition) is 2. The molecule has 1 aliphatic carbocycles. The number of carbonyl (C=O) groups excluding carboxylic acids is 1. The van der Waals surface area contributed by atoms with Crippen molar-refractivity contribution in [2.45, 2.75) is 26.2 Å². The first kappa shape index (κ1) is 13.8. The van der Waals surface area contributed by atoms with Crippen LogP contribution in [0.2, 0.25) is 0 Å². The summed E-state index contributed by atoms with van der Waals surface area (Å²) in [6, 6.07) is 4.82. The van der Waals surface area contributed by atoms with Gasteiger partial charge >= 0.3 is 0 Å². The minimum Gasteiger partial charge on any atom is -0.497 e. The highest BCUT2D eigenvalue weighted by atomic mass is 19.1. The molecule has 0 aromatic heterocycles. The van der Waals surface area contributed by atoms with E-state index in [4.69, 9.17) is 4.74 Å². The lowest BCUT2D eigenvalue weighted by Crippen LogP contribution is -2.29. The highest BCUT2D eigenvalue weighted by Gasteiger charge is 2.40. The Morgan fingerprint density at radius 3 is 2.89 bits per heavy atom. The Kier molecular flexibility index (Phi) is 4.08. The summed E-state index contributed by atoms with van der Waals surface area (Å²) in [7, 11) is 1.57. The predicted octanol–water partition coefficient (Wildman–Crippen LogP) is 2.71. The molecule has 0 saturated heterocycles. The van der Waals surface area contributed by atoms with Crippen molar-refractivity contribution < 1.29 is 13.9 Å². The second-order valence-electron chi connectivity index (χ2n) is 5.39. The smallest absolute Gasteiger partial charge is 0.222 e. The van der Waals surface area contributed by atoms with E-state index in [-0.39, 0.29) is 23.6 Å². The van der Waals surface area contributed by atoms with Crippen LogP contribution in [0.5, 0.6) is 5.75 Å². The van der Waals surface area contributed by atoms with Gasteiger partial charge in [0.05, 0.1) is 7.11 Å². The summed E-state index contributed by atoms with van der Waals surface area (Å²) >= 11 is 0. The van der Waals surface area contributed by atoms with E-state index in [1.807, 2.05) is 13.8 Å². The fraction of sp³-hybridized carbons (Fsp3) is 0.533. The van der Waals surface area contributed by atoms with Gasteiger partial charge in [-0.25, -0.2) is 4.39 Å². The summed E-state index contributed by atoms with van der Waals surface area (Å²) < 4.78 is 18.9. The zero-order valence-electron chi connectivity index (χ0n) is 11.6. The molecule has 0 heterocycles. The van der Waals surface area contributed by atoms with Crippen LogP contribution in [-0.2, 0) is 4.79 Å². The number of rotatable bonds is 5. The van der Waals surface area contributed by atoms with Crippen LogP contribution >= 0.6 is 0 Å². The highest BCUT2D eigenvalue weighted by Crippen LogP contribution is 2.48. The standard InChI is InChI=1S/C15H20FNO2/c1-9(2)15(18)17-8-10-6-12(10)13-7-11(19-3)4-5-14(13)16/h4-5,7,9-10,12H,6,8H2,1-3H3,(H,17,18)/t10-,12+/m0/s1. The SMILES string of the molecule is COc1ccc(F)c([C@@H]2C[C@H]2CNC(=O)C(C)C)c1. The Morgan fingerprint density at radius 1 is 1.53 bits per heavy atom. The van der Waals surface area contributed by atoms with Crippen LogP contribution in [0.15, 0.2) is 18.2 Å². The van der Waals surface area contributed by atoms with Crippen LogP contribution in [-0.4, -0.2) is 19.6 Å². The maximum atomic E-state index is 13.8. The van der Waals surface area contributed by atoms with Gasteiger partial charge in [0, 0.05) is 12.5 Å². The number of ether oxygens (including phenoxy) is 1. The molecule has 4 heteroatoms. The van der Waals surface area contributed by atoms with Crippen molar-refractivity contribution in [1.82, 2.24) is 5.32 Å². The van der Waals surface area contributed by atoms with Crippen molar-refractivity contribution in [3.8, 4) is 5.75 Å². The molecule has 1 saturated carbocycles. The van der Waals surface area contributed by atoms with Crippen molar-refractivity contribution in [3.63, 3.8) is 0 Å². The van der Waals surface area contributed by atoms with Gasteiger partial charge in [0.15, 0.2) is 0 Å². The largest absolute Gasteiger partial charge is 0.497 e. The second-order valence-corrected chi connectivity index (χ2v) is 5.39. The summed E-state index contributed by atoms with van der Waals surface area (Å²) in [5, 5.41) is 2.90. The van der Waals surface area contributed by atoms with E-state index in [1.165, 1.54) is 6.07 Å². The van der Waals surface area contributed by atoms with Crippen LogP contribution in [0.25, 0.3) is 0 Å². The molecule has 1 fully saturated rings. The first-order valence-electron chi connectivity index (χ1n) is 6.64. The Morgan fingerprint density at radius 2 is 2.26 bits per heavy atom. The monoisotopic (exact) mass is 265 g/mol. The van der Waals surface area contributed by atoms with Gasteiger partial charge in [0.25, 0.3) is 0 Å². The third-order valence-corrected chi connectivity index (χ3v) is 3.59. The number of hydrogen-bond donors (Lipinski definition) is 1. The van der Waals surface area contributed by atoms with Crippen LogP contribution in [0.1, 0.15) is 31.7 Å². The lowest BCUT2D eigenvalue weighted by Gasteiger charge is -2.08. The molecule has 0 unspecified atom stereocenters. The lowest BCUT2D eigenvalue weighted by molar-refractivity contribution is -0.124. The molecule has 1 amide bonds. The molecule has 1 aliphatic rings. The normalized spacial score (nSPS) is 21.3. The summed E-state index contributed by atoms with van der Waals surface area (Å²) in [4.78, 5) is 11.5. The summed E-state index contributed by atoms with van der Waals surface area (Å²) in [6.45, 7) is 4.35. The topological polar surface area (TPSA) is 38.3 Å². The first-order chi connectivity index (χ1) is 9.02. The number of carbonyl (C=O) groups is 1. The highest BCUT2D eigenvalue weighted by molar-refractivity contribution is 5.77. The summed E-state index contributed by atoms with van der Waals surface area (Å²) in [6.07, 6.45) is 0.919. The molecule has 19 heavy (non-hydrogen) atoms. The molecule has 1 aromatic carbocycles. The van der Waals surface area contributed by atoms with E-state index in [9.17, 15) is 9.18 Å². The first-order valence-corrected chi connectivity index (χ1v) is 6.64. The molecule has 2 rings (SSSR count). The molecule has 0 spiro atoms. The van der Waals surface area contributed by atoms with Gasteiger partial charge in [-0.2, -0.15) is 0 Å². The third kappa shape index (κ3) is 3.25. The average Bonchev–Trinajstić information content (AvgIpc) is 3.15. The number of amides is 1. The van der Waals surface area contributed by atoms with E-state index in [1.54, 1.807) is 19.2 Å². The molecular weight excluding hydrogens is 245 g/mol. The van der Waals surface area contributed by atoms with Crippen LogP contribution in [0, 0.1) is 17.7 Å². The maximum absolute atomic E-state index is 13.8. The quantitative estimate of drug-likeness (QED) is 0.889. The minimum atomic E-state index is -0.191. The Labute approximate surface area is 113 Å². The van der Waals surface area contributed by atoms with Gasteiger partial charge in [-0.3, -0.25) is 4.79 Å². The Hall–Kier alpha value is -1.58. The van der Waals surface area contributed by atoms with E-state index >= 15 is 0 Å². The van der Waals surface area contributed by atoms with E-state index in [0.717, 1.165) is 6.42 Å². The average molecular weight is 265 g/mol. The Balaban J connectivity index is 1.94. The van der Waals surface area contributed by atoms with Gasteiger partial charge in [0.2, 0.25) is 5.91 Å². The number of benzene rings is 1. The van der Waals surface area contributed by atoms with E-state index in [0.29, 0.717) is 23.8 Å². The van der Waals surface area contributed by atoms with Gasteiger partial charge in [-0.05, 0) is 42.0 Å². The maximum Gasteiger partial charge on any atom is 0.222 e. The van der Waals surface area contributed by atoms with E-state index < -0.39 is 0 Å². The molecule has 104 valence electrons. The molecule has 0 bridgehead atoms. The summed E-state index contributed by atoms with van der Waals surface area (Å²) in [5.41, 5.74) is 0.697. The summed E-state index contributed by atoms with van der Waals surface area (Å²) in [5.74, 6) is 1.06. The zero-order valence-corrected chi connectivity index (χ0v) is 11.6. The number of halogens is 1. The minimum absolute atomic E-state index is 0.00856. The van der Waals surface area contributed by atoms with Gasteiger partial charge in [-0.1, -0.05) is 13.8 Å². The number of methoxy groups -OCH3 is 1.